The zero-order chi connectivity index (χ0) is 9.56. The van der Waals surface area contributed by atoms with Crippen molar-refractivity contribution in [1.29, 1.82) is 0 Å². The maximum atomic E-state index is 5.84. The standard InChI is InChI=1S/C8H22N4/c1-12(2)6-4-8(11)7(10)3-5-9/h7-8H,3-6,9-11H2,1-2H3. The predicted molar refractivity (Wildman–Crippen MR) is 52.8 cm³/mol. The maximum absolute atomic E-state index is 5.84. The average Bonchev–Trinajstić information content (AvgIpc) is 2.00. The van der Waals surface area contributed by atoms with Gasteiger partial charge in [0, 0.05) is 12.1 Å². The molecule has 0 aromatic carbocycles. The minimum Gasteiger partial charge on any atom is -0.330 e. The molecular weight excluding hydrogens is 152 g/mol. The lowest BCUT2D eigenvalue weighted by Gasteiger charge is -2.20. The SMILES string of the molecule is CN(C)CCC(N)C(N)CCN. The molecule has 0 amide bonds. The van der Waals surface area contributed by atoms with Gasteiger partial charge < -0.3 is 22.1 Å². The van der Waals surface area contributed by atoms with Crippen LogP contribution in [-0.2, 0) is 0 Å². The van der Waals surface area contributed by atoms with Crippen molar-refractivity contribution in [3.8, 4) is 0 Å². The molecule has 0 rings (SSSR count). The zero-order valence-corrected chi connectivity index (χ0v) is 8.16. The quantitative estimate of drug-likeness (QED) is 0.479. The van der Waals surface area contributed by atoms with Crippen molar-refractivity contribution in [3.05, 3.63) is 0 Å². The molecule has 0 radical (unpaired) electrons. The van der Waals surface area contributed by atoms with Crippen LogP contribution in [0.2, 0.25) is 0 Å². The van der Waals surface area contributed by atoms with E-state index in [1.807, 2.05) is 14.1 Å². The Bertz CT molecular complexity index is 105. The topological polar surface area (TPSA) is 81.3 Å². The number of rotatable bonds is 6. The van der Waals surface area contributed by atoms with Crippen molar-refractivity contribution in [2.45, 2.75) is 24.9 Å². The van der Waals surface area contributed by atoms with E-state index in [9.17, 15) is 0 Å². The van der Waals surface area contributed by atoms with Crippen molar-refractivity contribution < 1.29 is 0 Å². The summed E-state index contributed by atoms with van der Waals surface area (Å²) in [5.74, 6) is 0. The molecule has 4 heteroatoms. The van der Waals surface area contributed by atoms with E-state index in [2.05, 4.69) is 4.90 Å². The molecule has 4 nitrogen and oxygen atoms in total. The number of hydrogen-bond acceptors (Lipinski definition) is 4. The third-order valence-electron chi connectivity index (χ3n) is 1.96. The highest BCUT2D eigenvalue weighted by Crippen LogP contribution is 1.97. The second-order valence-corrected chi connectivity index (χ2v) is 3.50. The van der Waals surface area contributed by atoms with Crippen molar-refractivity contribution >= 4 is 0 Å². The lowest BCUT2D eigenvalue weighted by molar-refractivity contribution is 0.359. The molecule has 0 aliphatic rings. The van der Waals surface area contributed by atoms with Gasteiger partial charge in [-0.1, -0.05) is 0 Å². The van der Waals surface area contributed by atoms with Gasteiger partial charge in [0.1, 0.15) is 0 Å². The molecule has 6 N–H and O–H groups in total. The third kappa shape index (κ3) is 5.49. The highest BCUT2D eigenvalue weighted by Gasteiger charge is 2.11. The average molecular weight is 174 g/mol. The Balaban J connectivity index is 3.49. The first-order chi connectivity index (χ1) is 5.57. The molecule has 0 aliphatic carbocycles. The highest BCUT2D eigenvalue weighted by molar-refractivity contribution is 4.76. The van der Waals surface area contributed by atoms with Gasteiger partial charge in [0.15, 0.2) is 0 Å². The van der Waals surface area contributed by atoms with E-state index in [0.717, 1.165) is 19.4 Å². The molecule has 2 atom stereocenters. The molecule has 12 heavy (non-hydrogen) atoms. The summed E-state index contributed by atoms with van der Waals surface area (Å²) in [6, 6.07) is 0.130. The van der Waals surface area contributed by atoms with E-state index in [-0.39, 0.29) is 12.1 Å². The number of nitrogens with two attached hydrogens (primary N) is 3. The molecule has 0 heterocycles. The Hall–Kier alpha value is -0.160. The van der Waals surface area contributed by atoms with E-state index in [4.69, 9.17) is 17.2 Å². The fourth-order valence-electron chi connectivity index (χ4n) is 1.03. The molecular formula is C8H22N4. The Morgan fingerprint density at radius 1 is 1.08 bits per heavy atom. The normalized spacial score (nSPS) is 16.5. The van der Waals surface area contributed by atoms with Crippen LogP contribution in [0.15, 0.2) is 0 Å². The Morgan fingerprint density at radius 2 is 1.58 bits per heavy atom. The molecule has 0 aromatic heterocycles. The van der Waals surface area contributed by atoms with Gasteiger partial charge in [-0.2, -0.15) is 0 Å². The molecule has 0 aromatic rings. The predicted octanol–water partition coefficient (Wildman–Crippen LogP) is -1.06. The van der Waals surface area contributed by atoms with E-state index >= 15 is 0 Å². The Labute approximate surface area is 75.1 Å². The second kappa shape index (κ2) is 6.37. The highest BCUT2D eigenvalue weighted by atomic mass is 15.1. The van der Waals surface area contributed by atoms with Crippen LogP contribution in [0.5, 0.6) is 0 Å². The van der Waals surface area contributed by atoms with E-state index in [1.54, 1.807) is 0 Å². The third-order valence-corrected chi connectivity index (χ3v) is 1.96. The van der Waals surface area contributed by atoms with Crippen molar-refractivity contribution in [2.75, 3.05) is 27.2 Å². The molecule has 0 fully saturated rings. The van der Waals surface area contributed by atoms with Crippen LogP contribution in [0.3, 0.4) is 0 Å². The van der Waals surface area contributed by atoms with E-state index in [0.29, 0.717) is 6.54 Å². The monoisotopic (exact) mass is 174 g/mol. The minimum absolute atomic E-state index is 0.0509. The van der Waals surface area contributed by atoms with Crippen molar-refractivity contribution in [1.82, 2.24) is 4.90 Å². The van der Waals surface area contributed by atoms with Crippen LogP contribution in [-0.4, -0.2) is 44.2 Å². The maximum Gasteiger partial charge on any atom is 0.0205 e. The fourth-order valence-corrected chi connectivity index (χ4v) is 1.03. The lowest BCUT2D eigenvalue weighted by Crippen LogP contribution is -2.44. The summed E-state index contributed by atoms with van der Waals surface area (Å²) in [5.41, 5.74) is 17.0. The first kappa shape index (κ1) is 11.8. The summed E-state index contributed by atoms with van der Waals surface area (Å²) in [5, 5.41) is 0. The van der Waals surface area contributed by atoms with Gasteiger partial charge in [-0.15, -0.1) is 0 Å². The Morgan fingerprint density at radius 3 is 2.00 bits per heavy atom. The number of hydrogen-bond donors (Lipinski definition) is 3. The van der Waals surface area contributed by atoms with Crippen LogP contribution < -0.4 is 17.2 Å². The number of nitrogens with zero attached hydrogens (tertiary/aromatic N) is 1. The Kier molecular flexibility index (Phi) is 6.28. The van der Waals surface area contributed by atoms with Crippen molar-refractivity contribution in [3.63, 3.8) is 0 Å². The molecule has 0 aliphatic heterocycles. The largest absolute Gasteiger partial charge is 0.330 e. The molecule has 2 unspecified atom stereocenters. The molecule has 0 saturated carbocycles. The lowest BCUT2D eigenvalue weighted by atomic mass is 10.0. The zero-order valence-electron chi connectivity index (χ0n) is 8.16. The van der Waals surface area contributed by atoms with E-state index in [1.165, 1.54) is 0 Å². The van der Waals surface area contributed by atoms with Crippen LogP contribution in [0.1, 0.15) is 12.8 Å². The molecule has 0 saturated heterocycles. The summed E-state index contributed by atoms with van der Waals surface area (Å²) in [6.07, 6.45) is 1.75. The minimum atomic E-state index is 0.0509. The van der Waals surface area contributed by atoms with Crippen molar-refractivity contribution in [2.24, 2.45) is 17.2 Å². The van der Waals surface area contributed by atoms with Crippen LogP contribution in [0.25, 0.3) is 0 Å². The van der Waals surface area contributed by atoms with Gasteiger partial charge in [-0.05, 0) is 40.0 Å². The molecule has 0 bridgehead atoms. The van der Waals surface area contributed by atoms with Gasteiger partial charge in [-0.3, -0.25) is 0 Å². The summed E-state index contributed by atoms with van der Waals surface area (Å²) < 4.78 is 0. The molecule has 0 spiro atoms. The second-order valence-electron chi connectivity index (χ2n) is 3.50. The molecule has 74 valence electrons. The van der Waals surface area contributed by atoms with Crippen LogP contribution in [0.4, 0.5) is 0 Å². The summed E-state index contributed by atoms with van der Waals surface area (Å²) >= 11 is 0. The van der Waals surface area contributed by atoms with Gasteiger partial charge >= 0.3 is 0 Å². The van der Waals surface area contributed by atoms with Crippen LogP contribution >= 0.6 is 0 Å². The summed E-state index contributed by atoms with van der Waals surface area (Å²) in [7, 11) is 4.06. The smallest absolute Gasteiger partial charge is 0.0205 e. The fraction of sp³-hybridized carbons (Fsp3) is 1.00. The summed E-state index contributed by atoms with van der Waals surface area (Å²) in [4.78, 5) is 2.11. The van der Waals surface area contributed by atoms with Gasteiger partial charge in [0.05, 0.1) is 0 Å². The van der Waals surface area contributed by atoms with Gasteiger partial charge in [0.25, 0.3) is 0 Å². The van der Waals surface area contributed by atoms with E-state index < -0.39 is 0 Å². The van der Waals surface area contributed by atoms with Gasteiger partial charge in [0.2, 0.25) is 0 Å². The first-order valence-electron chi connectivity index (χ1n) is 4.44. The van der Waals surface area contributed by atoms with Crippen LogP contribution in [0, 0.1) is 0 Å². The van der Waals surface area contributed by atoms with Gasteiger partial charge in [-0.25, -0.2) is 0 Å². The summed E-state index contributed by atoms with van der Waals surface area (Å²) in [6.45, 7) is 1.61. The first-order valence-corrected chi connectivity index (χ1v) is 4.44.